The molecule has 0 saturated heterocycles. The van der Waals surface area contributed by atoms with E-state index in [9.17, 15) is 0 Å². The Bertz CT molecular complexity index is 3040. The number of fused-ring (bicyclic) bond motifs is 5. The highest BCUT2D eigenvalue weighted by molar-refractivity contribution is 7.19. The Kier molecular flexibility index (Phi) is 7.97. The predicted octanol–water partition coefficient (Wildman–Crippen LogP) is 15.7. The number of benzene rings is 8. The minimum Gasteiger partial charge on any atom is -0.455 e. The molecule has 3 heterocycles. The van der Waals surface area contributed by atoms with E-state index >= 15 is 0 Å². The third kappa shape index (κ3) is 5.84. The van der Waals surface area contributed by atoms with Gasteiger partial charge in [0.1, 0.15) is 11.2 Å². The van der Waals surface area contributed by atoms with Crippen LogP contribution in [-0.4, -0.2) is 0 Å². The van der Waals surface area contributed by atoms with E-state index in [4.69, 9.17) is 13.9 Å². The van der Waals surface area contributed by atoms with Crippen molar-refractivity contribution >= 4 is 50.3 Å². The van der Waals surface area contributed by atoms with Crippen molar-refractivity contribution in [1.82, 2.24) is 0 Å². The highest BCUT2D eigenvalue weighted by atomic mass is 32.1. The summed E-state index contributed by atoms with van der Waals surface area (Å²) < 4.78 is 19.5. The summed E-state index contributed by atoms with van der Waals surface area (Å²) in [5, 5.41) is 2.25. The van der Waals surface area contributed by atoms with Gasteiger partial charge in [0, 0.05) is 33.4 Å². The van der Waals surface area contributed by atoms with E-state index in [1.807, 2.05) is 48.5 Å². The van der Waals surface area contributed by atoms with Crippen molar-refractivity contribution < 1.29 is 13.9 Å². The summed E-state index contributed by atoms with van der Waals surface area (Å²) >= 11 is 1.69. The molecule has 8 aromatic carbocycles. The van der Waals surface area contributed by atoms with Gasteiger partial charge < -0.3 is 18.8 Å². The van der Waals surface area contributed by atoms with Crippen molar-refractivity contribution in [1.29, 1.82) is 0 Å². The number of hydrogen-bond acceptors (Lipinski definition) is 5. The summed E-state index contributed by atoms with van der Waals surface area (Å²) in [5.41, 5.74) is 11.6. The molecule has 270 valence electrons. The van der Waals surface area contributed by atoms with Gasteiger partial charge in [-0.2, -0.15) is 0 Å². The Hall–Kier alpha value is -7.34. The van der Waals surface area contributed by atoms with Crippen molar-refractivity contribution in [3.8, 4) is 66.1 Å². The van der Waals surface area contributed by atoms with Gasteiger partial charge >= 0.3 is 0 Å². The second-order valence-electron chi connectivity index (χ2n) is 14.1. The summed E-state index contributed by atoms with van der Waals surface area (Å²) in [5.74, 6) is 2.93. The molecule has 0 bridgehead atoms. The zero-order chi connectivity index (χ0) is 37.7. The molecule has 4 nitrogen and oxygen atoms in total. The number of ether oxygens (including phenoxy) is 2. The van der Waals surface area contributed by atoms with Crippen LogP contribution in [0.15, 0.2) is 205 Å². The predicted molar refractivity (Wildman–Crippen MR) is 235 cm³/mol. The lowest BCUT2D eigenvalue weighted by molar-refractivity contribution is 0.364. The lowest BCUT2D eigenvalue weighted by Crippen LogP contribution is -2.09. The lowest BCUT2D eigenvalue weighted by Gasteiger charge is -2.26. The van der Waals surface area contributed by atoms with E-state index in [0.29, 0.717) is 5.75 Å². The van der Waals surface area contributed by atoms with Gasteiger partial charge in [0.05, 0.1) is 9.75 Å². The summed E-state index contributed by atoms with van der Waals surface area (Å²) in [6.07, 6.45) is 0. The second-order valence-corrected chi connectivity index (χ2v) is 15.1. The van der Waals surface area contributed by atoms with Crippen LogP contribution in [0.25, 0.3) is 65.1 Å². The fourth-order valence-corrected chi connectivity index (χ4v) is 8.97. The molecule has 1 aliphatic heterocycles. The Balaban J connectivity index is 0.991. The maximum absolute atomic E-state index is 6.59. The zero-order valence-corrected chi connectivity index (χ0v) is 31.4. The Morgan fingerprint density at radius 1 is 0.351 bits per heavy atom. The molecule has 0 radical (unpaired) electrons. The fourth-order valence-electron chi connectivity index (χ4n) is 7.80. The van der Waals surface area contributed by atoms with Crippen molar-refractivity contribution in [3.63, 3.8) is 0 Å². The topological polar surface area (TPSA) is 34.8 Å². The molecule has 5 heteroatoms. The minimum absolute atomic E-state index is 0.713. The molecule has 11 rings (SSSR count). The van der Waals surface area contributed by atoms with Crippen LogP contribution in [0.5, 0.6) is 23.0 Å². The van der Waals surface area contributed by atoms with Gasteiger partial charge in [-0.15, -0.1) is 11.3 Å². The average molecular weight is 752 g/mol. The summed E-state index contributed by atoms with van der Waals surface area (Å²) in [7, 11) is 0. The van der Waals surface area contributed by atoms with Crippen LogP contribution in [0.3, 0.4) is 0 Å². The third-order valence-corrected chi connectivity index (χ3v) is 11.8. The number of hydrogen-bond donors (Lipinski definition) is 0. The summed E-state index contributed by atoms with van der Waals surface area (Å²) in [6.45, 7) is 0. The van der Waals surface area contributed by atoms with Crippen LogP contribution in [0.4, 0.5) is 17.1 Å². The van der Waals surface area contributed by atoms with Crippen LogP contribution >= 0.6 is 11.3 Å². The van der Waals surface area contributed by atoms with E-state index < -0.39 is 0 Å². The fraction of sp³-hybridized carbons (Fsp3) is 0. The van der Waals surface area contributed by atoms with Crippen molar-refractivity contribution in [2.75, 3.05) is 4.90 Å². The maximum atomic E-state index is 6.59. The largest absolute Gasteiger partial charge is 0.455 e. The molecule has 0 atom stereocenters. The number of anilines is 3. The third-order valence-electron chi connectivity index (χ3n) is 10.6. The van der Waals surface area contributed by atoms with E-state index in [1.165, 1.54) is 11.1 Å². The monoisotopic (exact) mass is 751 g/mol. The number of para-hydroxylation sites is 4. The van der Waals surface area contributed by atoms with Crippen molar-refractivity contribution in [3.05, 3.63) is 200 Å². The molecule has 0 saturated carbocycles. The van der Waals surface area contributed by atoms with Crippen LogP contribution in [0.2, 0.25) is 0 Å². The molecular formula is C52H33NO3S. The first kappa shape index (κ1) is 33.0. The Morgan fingerprint density at radius 3 is 1.42 bits per heavy atom. The number of nitrogens with zero attached hydrogens (tertiary/aromatic N) is 1. The molecule has 10 aromatic rings. The lowest BCUT2D eigenvalue weighted by atomic mass is 10.0. The van der Waals surface area contributed by atoms with Gasteiger partial charge in [0.15, 0.2) is 23.0 Å². The van der Waals surface area contributed by atoms with Crippen molar-refractivity contribution in [2.24, 2.45) is 0 Å². The molecule has 57 heavy (non-hydrogen) atoms. The molecule has 1 aliphatic rings. The summed E-state index contributed by atoms with van der Waals surface area (Å²) in [4.78, 5) is 4.37. The molecule has 0 amide bonds. The van der Waals surface area contributed by atoms with E-state index in [-0.39, 0.29) is 0 Å². The number of furan rings is 1. The van der Waals surface area contributed by atoms with Gasteiger partial charge in [-0.1, -0.05) is 146 Å². The SMILES string of the molecule is c1ccc(-c2ccc(N(c3ccc(-c4sc(-c5ccccc5)c5c4Oc4ccccc4O5)cc3)c3ccc(-c4cccc5c4oc4ccccc45)cc3)cc2)cc1. The van der Waals surface area contributed by atoms with Gasteiger partial charge in [-0.25, -0.2) is 0 Å². The molecule has 0 aliphatic carbocycles. The maximum Gasteiger partial charge on any atom is 0.189 e. The highest BCUT2D eigenvalue weighted by Gasteiger charge is 2.29. The summed E-state index contributed by atoms with van der Waals surface area (Å²) in [6, 6.07) is 69.6. The van der Waals surface area contributed by atoms with E-state index in [0.717, 1.165) is 88.3 Å². The first-order chi connectivity index (χ1) is 28.2. The minimum atomic E-state index is 0.713. The van der Waals surface area contributed by atoms with Gasteiger partial charge in [-0.05, 0) is 82.4 Å². The molecule has 0 spiro atoms. The van der Waals surface area contributed by atoms with Crippen molar-refractivity contribution in [2.45, 2.75) is 0 Å². The normalized spacial score (nSPS) is 11.8. The van der Waals surface area contributed by atoms with E-state index in [1.54, 1.807) is 11.3 Å². The second kappa shape index (κ2) is 13.7. The quantitative estimate of drug-likeness (QED) is 0.162. The van der Waals surface area contributed by atoms with E-state index in [2.05, 4.69) is 157 Å². The molecular weight excluding hydrogens is 719 g/mol. The van der Waals surface area contributed by atoms with Crippen LogP contribution in [-0.2, 0) is 0 Å². The standard InChI is InChI=1S/C52H33NO3S/c1-3-12-34(13-4-1)35-22-28-39(29-23-35)53(40-30-24-36(25-31-40)42-17-11-18-44-43-16-7-8-19-45(43)54-48(42)44)41-32-26-38(27-33-41)52-50-49(51(57-52)37-14-5-2-6-15-37)55-46-20-9-10-21-47(46)56-50/h1-33H. The zero-order valence-electron chi connectivity index (χ0n) is 30.6. The molecule has 0 N–H and O–H groups in total. The van der Waals surface area contributed by atoms with Crippen LogP contribution in [0, 0.1) is 0 Å². The number of rotatable bonds is 7. The molecule has 2 aromatic heterocycles. The van der Waals surface area contributed by atoms with Gasteiger partial charge in [-0.3, -0.25) is 0 Å². The van der Waals surface area contributed by atoms with Crippen LogP contribution in [0.1, 0.15) is 0 Å². The van der Waals surface area contributed by atoms with Gasteiger partial charge in [0.2, 0.25) is 0 Å². The Labute approximate surface area is 334 Å². The number of thiophene rings is 1. The van der Waals surface area contributed by atoms with Crippen LogP contribution < -0.4 is 14.4 Å². The first-order valence-electron chi connectivity index (χ1n) is 19.0. The Morgan fingerprint density at radius 2 is 0.807 bits per heavy atom. The highest BCUT2D eigenvalue weighted by Crippen LogP contribution is 2.58. The smallest absolute Gasteiger partial charge is 0.189 e. The van der Waals surface area contributed by atoms with Gasteiger partial charge in [0.25, 0.3) is 0 Å². The average Bonchev–Trinajstić information content (AvgIpc) is 3.86. The molecule has 0 fully saturated rings. The molecule has 0 unspecified atom stereocenters. The first-order valence-corrected chi connectivity index (χ1v) is 19.8.